The fraction of sp³-hybridized carbons (Fsp3) is 0.500. The molecule has 0 fully saturated rings. The SMILES string of the molecule is CC1(C)Cc2nc(COCCN)c(C#N)c(-c3ncco3)c2C(O)C1. The Kier molecular flexibility index (Phi) is 4.86. The number of hydrogen-bond donors (Lipinski definition) is 2. The minimum Gasteiger partial charge on any atom is -0.444 e. The third-order valence-corrected chi connectivity index (χ3v) is 4.37. The topological polar surface area (TPSA) is 118 Å². The summed E-state index contributed by atoms with van der Waals surface area (Å²) >= 11 is 0. The van der Waals surface area contributed by atoms with Crippen molar-refractivity contribution in [3.63, 3.8) is 0 Å². The molecule has 2 aromatic rings. The number of fused-ring (bicyclic) bond motifs is 1. The van der Waals surface area contributed by atoms with Gasteiger partial charge in [-0.3, -0.25) is 4.98 Å². The quantitative estimate of drug-likeness (QED) is 0.799. The van der Waals surface area contributed by atoms with Gasteiger partial charge in [-0.05, 0) is 18.3 Å². The maximum atomic E-state index is 10.7. The van der Waals surface area contributed by atoms with Crippen molar-refractivity contribution in [2.75, 3.05) is 13.2 Å². The Balaban J connectivity index is 2.20. The summed E-state index contributed by atoms with van der Waals surface area (Å²) in [6.45, 7) is 5.14. The third kappa shape index (κ3) is 3.42. The summed E-state index contributed by atoms with van der Waals surface area (Å²) in [5, 5.41) is 20.5. The predicted octanol–water partition coefficient (Wildman–Crippen LogP) is 2.09. The first-order chi connectivity index (χ1) is 12.0. The molecule has 1 atom stereocenters. The van der Waals surface area contributed by atoms with Crippen LogP contribution in [-0.2, 0) is 17.8 Å². The Bertz CT molecular complexity index is 794. The number of aliphatic hydroxyl groups is 1. The molecule has 1 aliphatic rings. The molecule has 0 radical (unpaired) electrons. The minimum atomic E-state index is -0.723. The second-order valence-electron chi connectivity index (χ2n) is 7.02. The van der Waals surface area contributed by atoms with Crippen molar-refractivity contribution in [1.82, 2.24) is 9.97 Å². The van der Waals surface area contributed by atoms with Crippen LogP contribution in [-0.4, -0.2) is 28.2 Å². The van der Waals surface area contributed by atoms with Gasteiger partial charge in [0.15, 0.2) is 0 Å². The van der Waals surface area contributed by atoms with Gasteiger partial charge >= 0.3 is 0 Å². The number of hydrogen-bond acceptors (Lipinski definition) is 7. The molecule has 1 aliphatic carbocycles. The van der Waals surface area contributed by atoms with E-state index in [1.54, 1.807) is 0 Å². The van der Waals surface area contributed by atoms with Crippen LogP contribution in [0.5, 0.6) is 0 Å². The second kappa shape index (κ2) is 6.92. The van der Waals surface area contributed by atoms with E-state index in [1.165, 1.54) is 12.5 Å². The highest BCUT2D eigenvalue weighted by Gasteiger charge is 2.37. The van der Waals surface area contributed by atoms with Crippen molar-refractivity contribution in [2.45, 2.75) is 39.4 Å². The van der Waals surface area contributed by atoms with E-state index in [0.717, 1.165) is 5.69 Å². The highest BCUT2D eigenvalue weighted by atomic mass is 16.5. The molecule has 3 N–H and O–H groups in total. The molecule has 0 bridgehead atoms. The van der Waals surface area contributed by atoms with Crippen LogP contribution >= 0.6 is 0 Å². The van der Waals surface area contributed by atoms with Crippen molar-refractivity contribution < 1.29 is 14.3 Å². The van der Waals surface area contributed by atoms with Gasteiger partial charge in [-0.2, -0.15) is 5.26 Å². The standard InChI is InChI=1S/C18H22N4O3/c1-18(2)7-12-16(14(23)8-18)15(17-21-4-6-25-17)11(9-20)13(22-12)10-24-5-3-19/h4,6,14,23H,3,5,7-8,10,19H2,1-2H3. The molecule has 0 aromatic carbocycles. The van der Waals surface area contributed by atoms with Gasteiger partial charge in [-0.25, -0.2) is 4.98 Å². The average Bonchev–Trinajstić information content (AvgIpc) is 3.06. The van der Waals surface area contributed by atoms with Crippen LogP contribution in [0, 0.1) is 16.7 Å². The Hall–Kier alpha value is -2.27. The molecule has 0 saturated carbocycles. The molecule has 7 nitrogen and oxygen atoms in total. The summed E-state index contributed by atoms with van der Waals surface area (Å²) < 4.78 is 10.9. The molecule has 25 heavy (non-hydrogen) atoms. The number of aromatic nitrogens is 2. The van der Waals surface area contributed by atoms with Crippen molar-refractivity contribution in [3.8, 4) is 17.5 Å². The van der Waals surface area contributed by atoms with Gasteiger partial charge in [0.25, 0.3) is 0 Å². The van der Waals surface area contributed by atoms with Crippen LogP contribution in [0.15, 0.2) is 16.9 Å². The van der Waals surface area contributed by atoms with E-state index in [2.05, 4.69) is 29.9 Å². The fourth-order valence-corrected chi connectivity index (χ4v) is 3.39. The molecule has 0 saturated heterocycles. The van der Waals surface area contributed by atoms with E-state index in [-0.39, 0.29) is 12.0 Å². The van der Waals surface area contributed by atoms with Gasteiger partial charge in [-0.1, -0.05) is 13.8 Å². The molecule has 2 aromatic heterocycles. The summed E-state index contributed by atoms with van der Waals surface area (Å²) in [6.07, 6.45) is 3.53. The van der Waals surface area contributed by atoms with E-state index in [4.69, 9.17) is 14.9 Å². The second-order valence-corrected chi connectivity index (χ2v) is 7.02. The zero-order valence-electron chi connectivity index (χ0n) is 14.5. The van der Waals surface area contributed by atoms with Gasteiger partial charge < -0.3 is 20.0 Å². The highest BCUT2D eigenvalue weighted by molar-refractivity contribution is 5.70. The van der Waals surface area contributed by atoms with E-state index in [1.807, 2.05) is 0 Å². The molecular formula is C18H22N4O3. The van der Waals surface area contributed by atoms with E-state index >= 15 is 0 Å². The first kappa shape index (κ1) is 17.5. The maximum Gasteiger partial charge on any atom is 0.227 e. The minimum absolute atomic E-state index is 0.0865. The van der Waals surface area contributed by atoms with Crippen LogP contribution in [0.3, 0.4) is 0 Å². The van der Waals surface area contributed by atoms with Gasteiger partial charge in [0.05, 0.1) is 42.3 Å². The number of ether oxygens (including phenoxy) is 1. The largest absolute Gasteiger partial charge is 0.444 e. The lowest BCUT2D eigenvalue weighted by molar-refractivity contribution is 0.0971. The van der Waals surface area contributed by atoms with E-state index in [0.29, 0.717) is 54.3 Å². The smallest absolute Gasteiger partial charge is 0.227 e. The number of nitrogens with zero attached hydrogens (tertiary/aromatic N) is 3. The summed E-state index contributed by atoms with van der Waals surface area (Å²) in [4.78, 5) is 8.85. The normalized spacial score (nSPS) is 18.6. The number of nitriles is 1. The van der Waals surface area contributed by atoms with Crippen LogP contribution in [0.25, 0.3) is 11.5 Å². The Morgan fingerprint density at radius 3 is 2.96 bits per heavy atom. The van der Waals surface area contributed by atoms with Gasteiger partial charge in [-0.15, -0.1) is 0 Å². The summed E-state index contributed by atoms with van der Waals surface area (Å²) in [5.41, 5.74) is 8.16. The number of oxazole rings is 1. The number of pyridine rings is 1. The maximum absolute atomic E-state index is 10.7. The zero-order valence-corrected chi connectivity index (χ0v) is 14.5. The van der Waals surface area contributed by atoms with E-state index < -0.39 is 6.10 Å². The molecule has 0 spiro atoms. The molecule has 2 heterocycles. The lowest BCUT2D eigenvalue weighted by Gasteiger charge is -2.35. The Morgan fingerprint density at radius 1 is 1.52 bits per heavy atom. The molecule has 7 heteroatoms. The van der Waals surface area contributed by atoms with Crippen molar-refractivity contribution in [3.05, 3.63) is 35.0 Å². The van der Waals surface area contributed by atoms with Crippen molar-refractivity contribution >= 4 is 0 Å². The lowest BCUT2D eigenvalue weighted by Crippen LogP contribution is -2.28. The van der Waals surface area contributed by atoms with Gasteiger partial charge in [0.2, 0.25) is 5.89 Å². The predicted molar refractivity (Wildman–Crippen MR) is 90.2 cm³/mol. The molecule has 132 valence electrons. The molecule has 3 rings (SSSR count). The van der Waals surface area contributed by atoms with Crippen LogP contribution < -0.4 is 5.73 Å². The van der Waals surface area contributed by atoms with Crippen LogP contribution in [0.1, 0.15) is 48.9 Å². The molecule has 0 aliphatic heterocycles. The number of rotatable bonds is 5. The van der Waals surface area contributed by atoms with Crippen LogP contribution in [0.2, 0.25) is 0 Å². The Labute approximate surface area is 146 Å². The van der Waals surface area contributed by atoms with Crippen molar-refractivity contribution in [2.24, 2.45) is 11.1 Å². The first-order valence-electron chi connectivity index (χ1n) is 8.28. The highest BCUT2D eigenvalue weighted by Crippen LogP contribution is 2.45. The average molecular weight is 342 g/mol. The fourth-order valence-electron chi connectivity index (χ4n) is 3.39. The summed E-state index contributed by atoms with van der Waals surface area (Å²) in [5.74, 6) is 0.314. The number of nitrogens with two attached hydrogens (primary N) is 1. The van der Waals surface area contributed by atoms with Crippen LogP contribution in [0.4, 0.5) is 0 Å². The summed E-state index contributed by atoms with van der Waals surface area (Å²) in [6, 6.07) is 2.19. The Morgan fingerprint density at radius 2 is 2.32 bits per heavy atom. The lowest BCUT2D eigenvalue weighted by atomic mass is 9.73. The summed E-state index contributed by atoms with van der Waals surface area (Å²) in [7, 11) is 0. The van der Waals surface area contributed by atoms with E-state index in [9.17, 15) is 10.4 Å². The molecule has 0 amide bonds. The van der Waals surface area contributed by atoms with Gasteiger partial charge in [0.1, 0.15) is 12.3 Å². The zero-order chi connectivity index (χ0) is 18.0. The van der Waals surface area contributed by atoms with Gasteiger partial charge in [0, 0.05) is 17.8 Å². The first-order valence-corrected chi connectivity index (χ1v) is 8.28. The molecular weight excluding hydrogens is 320 g/mol. The third-order valence-electron chi connectivity index (χ3n) is 4.37. The number of aliphatic hydroxyl groups excluding tert-OH is 1. The monoisotopic (exact) mass is 342 g/mol. The molecule has 1 unspecified atom stereocenters. The van der Waals surface area contributed by atoms with Crippen molar-refractivity contribution in [1.29, 1.82) is 5.26 Å².